The maximum absolute atomic E-state index is 12.3. The SMILES string of the molecule is CCCCc1nc2c(N)nc3ccccc3c2n1OCCCCNC(=O)NC(C)(C)CC(C)(C)C. The molecule has 0 bridgehead atoms. The molecule has 3 aromatic rings. The normalized spacial score (nSPS) is 12.3. The number of unbranched alkanes of at least 4 members (excludes halogenated alkanes) is 2. The van der Waals surface area contributed by atoms with E-state index in [2.05, 4.69) is 57.2 Å². The zero-order valence-electron chi connectivity index (χ0n) is 22.2. The van der Waals surface area contributed by atoms with E-state index in [9.17, 15) is 4.79 Å². The minimum Gasteiger partial charge on any atom is -0.412 e. The van der Waals surface area contributed by atoms with E-state index >= 15 is 0 Å². The van der Waals surface area contributed by atoms with Crippen LogP contribution >= 0.6 is 0 Å². The lowest BCUT2D eigenvalue weighted by molar-refractivity contribution is 0.109. The van der Waals surface area contributed by atoms with Gasteiger partial charge in [-0.2, -0.15) is 4.73 Å². The van der Waals surface area contributed by atoms with Crippen molar-refractivity contribution >= 4 is 33.8 Å². The fourth-order valence-corrected chi connectivity index (χ4v) is 4.76. The maximum Gasteiger partial charge on any atom is 0.315 e. The van der Waals surface area contributed by atoms with Crippen LogP contribution in [0, 0.1) is 5.41 Å². The van der Waals surface area contributed by atoms with E-state index in [-0.39, 0.29) is 17.0 Å². The first-order valence-corrected chi connectivity index (χ1v) is 12.8. The van der Waals surface area contributed by atoms with Crippen LogP contribution in [0.4, 0.5) is 10.6 Å². The highest BCUT2D eigenvalue weighted by Crippen LogP contribution is 2.29. The van der Waals surface area contributed by atoms with Crippen molar-refractivity contribution in [1.82, 2.24) is 25.3 Å². The van der Waals surface area contributed by atoms with E-state index in [1.54, 1.807) is 0 Å². The minimum absolute atomic E-state index is 0.128. The van der Waals surface area contributed by atoms with E-state index in [0.717, 1.165) is 60.8 Å². The summed E-state index contributed by atoms with van der Waals surface area (Å²) in [5.74, 6) is 1.29. The number of anilines is 1. The molecular weight excluding hydrogens is 440 g/mol. The first-order valence-electron chi connectivity index (χ1n) is 12.8. The number of benzene rings is 1. The molecule has 2 aromatic heterocycles. The lowest BCUT2D eigenvalue weighted by atomic mass is 9.82. The number of carbonyl (C=O) groups is 1. The van der Waals surface area contributed by atoms with Crippen LogP contribution in [-0.2, 0) is 6.42 Å². The van der Waals surface area contributed by atoms with Gasteiger partial charge in [-0.15, -0.1) is 0 Å². The van der Waals surface area contributed by atoms with Gasteiger partial charge in [-0.25, -0.2) is 14.8 Å². The number of aromatic nitrogens is 3. The van der Waals surface area contributed by atoms with Gasteiger partial charge in [-0.3, -0.25) is 0 Å². The lowest BCUT2D eigenvalue weighted by Crippen LogP contribution is -2.50. The second-order valence-electron chi connectivity index (χ2n) is 11.2. The summed E-state index contributed by atoms with van der Waals surface area (Å²) in [7, 11) is 0. The lowest BCUT2D eigenvalue weighted by Gasteiger charge is -2.33. The second kappa shape index (κ2) is 11.1. The Bertz CT molecular complexity index is 1150. The van der Waals surface area contributed by atoms with Gasteiger partial charge < -0.3 is 21.2 Å². The third kappa shape index (κ3) is 7.23. The van der Waals surface area contributed by atoms with Gasteiger partial charge in [-0.05, 0) is 51.0 Å². The summed E-state index contributed by atoms with van der Waals surface area (Å²) in [6.07, 6.45) is 5.41. The molecule has 0 atom stereocenters. The fraction of sp³-hybridized carbons (Fsp3) is 0.593. The van der Waals surface area contributed by atoms with Crippen LogP contribution in [0.2, 0.25) is 0 Å². The van der Waals surface area contributed by atoms with Crippen LogP contribution in [0.25, 0.3) is 21.9 Å². The molecule has 0 saturated carbocycles. The standard InChI is InChI=1S/C27H42N6O2/c1-7-8-15-21-31-22-23(19-13-9-10-14-20(19)30-24(22)28)33(21)35-17-12-11-16-29-25(34)32-27(5,6)18-26(2,3)4/h9-10,13-14H,7-8,11-12,15-18H2,1-6H3,(H2,28,30)(H2,29,32,34). The number of nitrogens with two attached hydrogens (primary N) is 1. The Kier molecular flexibility index (Phi) is 8.46. The molecule has 0 aliphatic carbocycles. The molecule has 35 heavy (non-hydrogen) atoms. The van der Waals surface area contributed by atoms with E-state index in [1.807, 2.05) is 29.0 Å². The number of hydrogen-bond acceptors (Lipinski definition) is 5. The molecule has 0 unspecified atom stereocenters. The van der Waals surface area contributed by atoms with Crippen molar-refractivity contribution in [3.05, 3.63) is 30.1 Å². The number of aryl methyl sites for hydroxylation is 1. The molecule has 2 heterocycles. The van der Waals surface area contributed by atoms with Crippen molar-refractivity contribution in [3.8, 4) is 0 Å². The Morgan fingerprint density at radius 3 is 2.54 bits per heavy atom. The smallest absolute Gasteiger partial charge is 0.315 e. The molecule has 1 aromatic carbocycles. The van der Waals surface area contributed by atoms with Gasteiger partial charge in [0, 0.05) is 23.9 Å². The molecule has 0 saturated heterocycles. The Morgan fingerprint density at radius 1 is 1.09 bits per heavy atom. The Labute approximate surface area is 209 Å². The Hall–Kier alpha value is -3.03. The number of para-hydroxylation sites is 1. The number of hydrogen-bond donors (Lipinski definition) is 3. The molecule has 8 nitrogen and oxygen atoms in total. The van der Waals surface area contributed by atoms with Crippen molar-refractivity contribution in [3.63, 3.8) is 0 Å². The van der Waals surface area contributed by atoms with Crippen molar-refractivity contribution < 1.29 is 9.63 Å². The summed E-state index contributed by atoms with van der Waals surface area (Å²) in [6.45, 7) is 13.9. The van der Waals surface area contributed by atoms with Gasteiger partial charge in [-0.1, -0.05) is 52.3 Å². The summed E-state index contributed by atoms with van der Waals surface area (Å²) in [6, 6.07) is 7.79. The van der Waals surface area contributed by atoms with E-state index < -0.39 is 0 Å². The topological polar surface area (TPSA) is 107 Å². The number of imidazole rings is 1. The highest BCUT2D eigenvalue weighted by atomic mass is 16.7. The molecular formula is C27H42N6O2. The minimum atomic E-state index is -0.262. The molecule has 0 aliphatic rings. The third-order valence-corrected chi connectivity index (χ3v) is 5.80. The Morgan fingerprint density at radius 2 is 1.83 bits per heavy atom. The van der Waals surface area contributed by atoms with Gasteiger partial charge >= 0.3 is 6.03 Å². The summed E-state index contributed by atoms with van der Waals surface area (Å²) in [5.41, 5.74) is 8.52. The van der Waals surface area contributed by atoms with Crippen LogP contribution in [0.5, 0.6) is 0 Å². The van der Waals surface area contributed by atoms with E-state index in [1.165, 1.54) is 0 Å². The third-order valence-electron chi connectivity index (χ3n) is 5.80. The van der Waals surface area contributed by atoms with E-state index in [0.29, 0.717) is 24.5 Å². The number of nitrogens with one attached hydrogen (secondary N) is 2. The summed E-state index contributed by atoms with van der Waals surface area (Å²) in [4.78, 5) is 27.9. The number of nitrogen functional groups attached to an aromatic ring is 1. The van der Waals surface area contributed by atoms with Crippen LogP contribution < -0.4 is 21.2 Å². The van der Waals surface area contributed by atoms with Gasteiger partial charge in [0.1, 0.15) is 23.5 Å². The van der Waals surface area contributed by atoms with Crippen LogP contribution in [0.1, 0.15) is 79.5 Å². The van der Waals surface area contributed by atoms with Gasteiger partial charge in [0.2, 0.25) is 0 Å². The van der Waals surface area contributed by atoms with Gasteiger partial charge in [0.25, 0.3) is 0 Å². The zero-order valence-corrected chi connectivity index (χ0v) is 22.2. The van der Waals surface area contributed by atoms with Gasteiger partial charge in [0.15, 0.2) is 5.82 Å². The summed E-state index contributed by atoms with van der Waals surface area (Å²) < 4.78 is 1.85. The highest BCUT2D eigenvalue weighted by Gasteiger charge is 2.26. The van der Waals surface area contributed by atoms with Crippen molar-refractivity contribution in [2.24, 2.45) is 5.41 Å². The molecule has 0 aliphatic heterocycles. The molecule has 4 N–H and O–H groups in total. The van der Waals surface area contributed by atoms with E-state index in [4.69, 9.17) is 15.6 Å². The molecule has 192 valence electrons. The maximum atomic E-state index is 12.3. The number of urea groups is 1. The molecule has 0 spiro atoms. The predicted molar refractivity (Wildman–Crippen MR) is 143 cm³/mol. The summed E-state index contributed by atoms with van der Waals surface area (Å²) in [5, 5.41) is 7.03. The van der Waals surface area contributed by atoms with Gasteiger partial charge in [0.05, 0.1) is 5.52 Å². The number of carbonyl (C=O) groups excluding carboxylic acids is 1. The largest absolute Gasteiger partial charge is 0.412 e. The quantitative estimate of drug-likeness (QED) is 0.324. The van der Waals surface area contributed by atoms with Crippen LogP contribution in [0.15, 0.2) is 24.3 Å². The molecule has 0 fully saturated rings. The number of pyridine rings is 1. The molecule has 3 rings (SSSR count). The summed E-state index contributed by atoms with van der Waals surface area (Å²) >= 11 is 0. The van der Waals surface area contributed by atoms with Crippen molar-refractivity contribution in [2.45, 2.75) is 85.6 Å². The number of amides is 2. The fourth-order valence-electron chi connectivity index (χ4n) is 4.76. The molecule has 2 amide bonds. The zero-order chi connectivity index (χ0) is 25.6. The highest BCUT2D eigenvalue weighted by molar-refractivity contribution is 6.06. The number of nitrogens with zero attached hydrogens (tertiary/aromatic N) is 3. The number of fused-ring (bicyclic) bond motifs is 3. The first-order chi connectivity index (χ1) is 16.5. The molecule has 8 heteroatoms. The van der Waals surface area contributed by atoms with Crippen LogP contribution in [0.3, 0.4) is 0 Å². The average Bonchev–Trinajstić information content (AvgIpc) is 3.12. The van der Waals surface area contributed by atoms with Crippen LogP contribution in [-0.4, -0.2) is 39.4 Å². The second-order valence-corrected chi connectivity index (χ2v) is 11.2. The molecule has 0 radical (unpaired) electrons. The van der Waals surface area contributed by atoms with Crippen molar-refractivity contribution in [2.75, 3.05) is 18.9 Å². The number of rotatable bonds is 11. The first kappa shape index (κ1) is 26.6. The monoisotopic (exact) mass is 482 g/mol. The average molecular weight is 483 g/mol. The Balaban J connectivity index is 1.59. The predicted octanol–water partition coefficient (Wildman–Crippen LogP) is 5.23. The van der Waals surface area contributed by atoms with Crippen molar-refractivity contribution in [1.29, 1.82) is 0 Å².